The summed E-state index contributed by atoms with van der Waals surface area (Å²) in [5.41, 5.74) is 2.63. The molecule has 1 aromatic carbocycles. The molecule has 0 bridgehead atoms. The van der Waals surface area contributed by atoms with E-state index < -0.39 is 0 Å². The molecule has 0 unspecified atom stereocenters. The smallest absolute Gasteiger partial charge is 0.258 e. The Morgan fingerprint density at radius 3 is 2.40 bits per heavy atom. The summed E-state index contributed by atoms with van der Waals surface area (Å²) in [6.45, 7) is 6.14. The molecule has 0 saturated carbocycles. The Bertz CT molecular complexity index is 641. The van der Waals surface area contributed by atoms with Crippen molar-refractivity contribution in [3.63, 3.8) is 0 Å². The molecule has 0 aliphatic carbocycles. The first-order chi connectivity index (χ1) is 9.52. The maximum atomic E-state index is 13.0. The predicted molar refractivity (Wildman–Crippen MR) is 80.1 cm³/mol. The molecular formula is C17H20FNO. The van der Waals surface area contributed by atoms with E-state index in [2.05, 4.69) is 6.92 Å². The number of aromatic nitrogens is 1. The third-order valence-corrected chi connectivity index (χ3v) is 3.37. The van der Waals surface area contributed by atoms with Gasteiger partial charge in [0.05, 0.1) is 0 Å². The Morgan fingerprint density at radius 2 is 1.85 bits per heavy atom. The van der Waals surface area contributed by atoms with Crippen LogP contribution < -0.4 is 5.56 Å². The second kappa shape index (κ2) is 6.04. The van der Waals surface area contributed by atoms with Crippen molar-refractivity contribution in [2.24, 2.45) is 0 Å². The highest BCUT2D eigenvalue weighted by Crippen LogP contribution is 2.15. The van der Waals surface area contributed by atoms with Gasteiger partial charge in [-0.25, -0.2) is 4.39 Å². The van der Waals surface area contributed by atoms with Crippen LogP contribution in [0.25, 0.3) is 5.69 Å². The topological polar surface area (TPSA) is 22.0 Å². The summed E-state index contributed by atoms with van der Waals surface area (Å²) in [5, 5.41) is 0. The highest BCUT2D eigenvalue weighted by molar-refractivity contribution is 5.35. The minimum atomic E-state index is -0.296. The highest BCUT2D eigenvalue weighted by Gasteiger charge is 2.11. The molecule has 3 heteroatoms. The lowest BCUT2D eigenvalue weighted by Crippen LogP contribution is -2.23. The summed E-state index contributed by atoms with van der Waals surface area (Å²) in [6.07, 6.45) is 3.82. The third-order valence-electron chi connectivity index (χ3n) is 3.37. The number of nitrogens with zero attached hydrogens (tertiary/aromatic N) is 1. The largest absolute Gasteiger partial charge is 0.284 e. The fraction of sp³-hybridized carbons (Fsp3) is 0.353. The van der Waals surface area contributed by atoms with Crippen molar-refractivity contribution in [1.82, 2.24) is 4.57 Å². The molecule has 0 aliphatic rings. The first kappa shape index (κ1) is 14.5. The van der Waals surface area contributed by atoms with E-state index in [1.807, 2.05) is 26.1 Å². The average Bonchev–Trinajstić information content (AvgIpc) is 2.41. The van der Waals surface area contributed by atoms with Crippen LogP contribution in [-0.4, -0.2) is 4.57 Å². The number of hydrogen-bond acceptors (Lipinski definition) is 1. The molecule has 106 valence electrons. The highest BCUT2D eigenvalue weighted by atomic mass is 19.1. The lowest BCUT2D eigenvalue weighted by atomic mass is 10.0. The van der Waals surface area contributed by atoms with Gasteiger partial charge in [-0.05, 0) is 48.2 Å². The van der Waals surface area contributed by atoms with Gasteiger partial charge >= 0.3 is 0 Å². The Morgan fingerprint density at radius 1 is 1.20 bits per heavy atom. The molecule has 0 saturated heterocycles. The van der Waals surface area contributed by atoms with Crippen LogP contribution in [0.15, 0.2) is 41.3 Å². The molecule has 2 aromatic rings. The molecule has 2 nitrogen and oxygen atoms in total. The van der Waals surface area contributed by atoms with Gasteiger partial charge in [0.15, 0.2) is 0 Å². The molecule has 0 atom stereocenters. The Labute approximate surface area is 118 Å². The number of aryl methyl sites for hydroxylation is 1. The second-order valence-corrected chi connectivity index (χ2v) is 5.36. The van der Waals surface area contributed by atoms with Crippen LogP contribution in [0.3, 0.4) is 0 Å². The first-order valence-corrected chi connectivity index (χ1v) is 7.04. The van der Waals surface area contributed by atoms with Gasteiger partial charge in [-0.2, -0.15) is 0 Å². The molecule has 2 rings (SSSR count). The summed E-state index contributed by atoms with van der Waals surface area (Å²) >= 11 is 0. The second-order valence-electron chi connectivity index (χ2n) is 5.36. The van der Waals surface area contributed by atoms with E-state index in [0.29, 0.717) is 5.69 Å². The van der Waals surface area contributed by atoms with Crippen molar-refractivity contribution in [1.29, 1.82) is 0 Å². The van der Waals surface area contributed by atoms with E-state index >= 15 is 0 Å². The first-order valence-electron chi connectivity index (χ1n) is 7.04. The lowest BCUT2D eigenvalue weighted by Gasteiger charge is -2.13. The normalized spacial score (nSPS) is 11.1. The van der Waals surface area contributed by atoms with Gasteiger partial charge in [0, 0.05) is 17.4 Å². The molecular weight excluding hydrogens is 253 g/mol. The van der Waals surface area contributed by atoms with Crippen molar-refractivity contribution in [3.8, 4) is 5.69 Å². The predicted octanol–water partition coefficient (Wildman–Crippen LogP) is 4.05. The SMILES string of the molecule is CCCc1cc(C(C)C)c(=O)n(-c2ccc(F)cc2)c1. The fourth-order valence-corrected chi connectivity index (χ4v) is 2.29. The average molecular weight is 273 g/mol. The lowest BCUT2D eigenvalue weighted by molar-refractivity contribution is 0.627. The van der Waals surface area contributed by atoms with Crippen LogP contribution in [0, 0.1) is 5.82 Å². The van der Waals surface area contributed by atoms with E-state index in [0.717, 1.165) is 24.0 Å². The summed E-state index contributed by atoms with van der Waals surface area (Å²) < 4.78 is 14.6. The summed E-state index contributed by atoms with van der Waals surface area (Å²) in [5.74, 6) is -0.124. The van der Waals surface area contributed by atoms with Gasteiger partial charge in [-0.1, -0.05) is 27.2 Å². The van der Waals surface area contributed by atoms with Gasteiger partial charge in [-0.15, -0.1) is 0 Å². The Hall–Kier alpha value is -1.90. The summed E-state index contributed by atoms with van der Waals surface area (Å²) in [6, 6.07) is 8.02. The van der Waals surface area contributed by atoms with E-state index in [9.17, 15) is 9.18 Å². The molecule has 0 amide bonds. The zero-order valence-corrected chi connectivity index (χ0v) is 12.2. The third kappa shape index (κ3) is 2.98. The molecule has 0 aliphatic heterocycles. The Balaban J connectivity index is 2.61. The van der Waals surface area contributed by atoms with Gasteiger partial charge < -0.3 is 0 Å². The minimum absolute atomic E-state index is 0.0218. The number of benzene rings is 1. The molecule has 20 heavy (non-hydrogen) atoms. The molecule has 0 N–H and O–H groups in total. The summed E-state index contributed by atoms with van der Waals surface area (Å²) in [7, 11) is 0. The van der Waals surface area contributed by atoms with Gasteiger partial charge in [-0.3, -0.25) is 9.36 Å². The molecule has 0 spiro atoms. The zero-order chi connectivity index (χ0) is 14.7. The van der Waals surface area contributed by atoms with Crippen LogP contribution in [0.5, 0.6) is 0 Å². The van der Waals surface area contributed by atoms with Gasteiger partial charge in [0.25, 0.3) is 5.56 Å². The quantitative estimate of drug-likeness (QED) is 0.823. The number of rotatable bonds is 4. The van der Waals surface area contributed by atoms with Crippen LogP contribution in [0.2, 0.25) is 0 Å². The molecule has 0 fully saturated rings. The maximum absolute atomic E-state index is 13.0. The monoisotopic (exact) mass is 273 g/mol. The van der Waals surface area contributed by atoms with Crippen LogP contribution >= 0.6 is 0 Å². The van der Waals surface area contributed by atoms with Crippen molar-refractivity contribution in [3.05, 3.63) is 63.8 Å². The van der Waals surface area contributed by atoms with Crippen LogP contribution in [0.4, 0.5) is 4.39 Å². The van der Waals surface area contributed by atoms with Crippen molar-refractivity contribution < 1.29 is 4.39 Å². The molecule has 1 heterocycles. The number of halogens is 1. The van der Waals surface area contributed by atoms with E-state index in [-0.39, 0.29) is 17.3 Å². The van der Waals surface area contributed by atoms with Crippen molar-refractivity contribution >= 4 is 0 Å². The molecule has 1 aromatic heterocycles. The minimum Gasteiger partial charge on any atom is -0.284 e. The van der Waals surface area contributed by atoms with E-state index in [1.54, 1.807) is 16.7 Å². The van der Waals surface area contributed by atoms with Gasteiger partial charge in [0.2, 0.25) is 0 Å². The zero-order valence-electron chi connectivity index (χ0n) is 12.2. The fourth-order valence-electron chi connectivity index (χ4n) is 2.29. The van der Waals surface area contributed by atoms with Crippen molar-refractivity contribution in [2.45, 2.75) is 39.5 Å². The number of hydrogen-bond donors (Lipinski definition) is 0. The standard InChI is InChI=1S/C17H20FNO/c1-4-5-13-10-16(12(2)3)17(20)19(11-13)15-8-6-14(18)7-9-15/h6-12H,4-5H2,1-3H3. The van der Waals surface area contributed by atoms with Crippen molar-refractivity contribution in [2.75, 3.05) is 0 Å². The number of pyridine rings is 1. The van der Waals surface area contributed by atoms with Crippen LogP contribution in [-0.2, 0) is 6.42 Å². The van der Waals surface area contributed by atoms with E-state index in [1.165, 1.54) is 12.1 Å². The summed E-state index contributed by atoms with van der Waals surface area (Å²) in [4.78, 5) is 12.5. The van der Waals surface area contributed by atoms with E-state index in [4.69, 9.17) is 0 Å². The Kier molecular flexibility index (Phi) is 4.38. The van der Waals surface area contributed by atoms with Gasteiger partial charge in [0.1, 0.15) is 5.82 Å². The molecule has 0 radical (unpaired) electrons. The maximum Gasteiger partial charge on any atom is 0.258 e. The van der Waals surface area contributed by atoms with Crippen LogP contribution in [0.1, 0.15) is 44.2 Å².